The molecular weight excluding hydrogens is 172 g/mol. The van der Waals surface area contributed by atoms with E-state index in [0.29, 0.717) is 0 Å². The van der Waals surface area contributed by atoms with E-state index >= 15 is 0 Å². The van der Waals surface area contributed by atoms with Crippen molar-refractivity contribution in [1.29, 1.82) is 0 Å². The predicted octanol–water partition coefficient (Wildman–Crippen LogP) is 2.67. The maximum absolute atomic E-state index is 4.06. The second-order valence-electron chi connectivity index (χ2n) is 3.22. The van der Waals surface area contributed by atoms with Gasteiger partial charge in [-0.2, -0.15) is 0 Å². The van der Waals surface area contributed by atoms with Crippen molar-refractivity contribution >= 4 is 5.57 Å². The smallest absolute Gasteiger partial charge is 0.0342 e. The molecule has 2 rings (SSSR count). The molecule has 0 aliphatic heterocycles. The third kappa shape index (κ3) is 1.91. The van der Waals surface area contributed by atoms with Gasteiger partial charge in [-0.05, 0) is 29.3 Å². The summed E-state index contributed by atoms with van der Waals surface area (Å²) in [7, 11) is 0. The van der Waals surface area contributed by atoms with Crippen molar-refractivity contribution in [2.75, 3.05) is 0 Å². The Morgan fingerprint density at radius 1 is 1.36 bits per heavy atom. The fourth-order valence-corrected chi connectivity index (χ4v) is 1.38. The highest BCUT2D eigenvalue weighted by molar-refractivity contribution is 5.64. The molecule has 14 heavy (non-hydrogen) atoms. The first-order valence-corrected chi connectivity index (χ1v) is 4.57. The molecule has 0 unspecified atom stereocenters. The summed E-state index contributed by atoms with van der Waals surface area (Å²) in [6.07, 6.45) is 6.38. The van der Waals surface area contributed by atoms with Gasteiger partial charge in [-0.3, -0.25) is 4.98 Å². The van der Waals surface area contributed by atoms with E-state index < -0.39 is 0 Å². The van der Waals surface area contributed by atoms with Crippen LogP contribution in [0.3, 0.4) is 0 Å². The zero-order chi connectivity index (χ0) is 9.80. The van der Waals surface area contributed by atoms with Crippen LogP contribution in [0.25, 0.3) is 5.57 Å². The third-order valence-electron chi connectivity index (χ3n) is 2.14. The number of aromatic amines is 1. The van der Waals surface area contributed by atoms with Crippen LogP contribution >= 0.6 is 0 Å². The summed E-state index contributed by atoms with van der Waals surface area (Å²) in [6.45, 7) is 4.04. The fraction of sp³-hybridized carbons (Fsp3) is 0.0833. The molecule has 0 atom stereocenters. The maximum atomic E-state index is 4.06. The normalized spacial score (nSPS) is 10.0. The first-order chi connectivity index (χ1) is 6.86. The molecule has 0 saturated carbocycles. The number of allylic oxidation sites excluding steroid dienone is 1. The lowest BCUT2D eigenvalue weighted by molar-refractivity contribution is 1.16. The first-order valence-electron chi connectivity index (χ1n) is 4.57. The van der Waals surface area contributed by atoms with Crippen LogP contribution in [0.1, 0.15) is 11.3 Å². The van der Waals surface area contributed by atoms with E-state index in [2.05, 4.69) is 22.6 Å². The van der Waals surface area contributed by atoms with Gasteiger partial charge >= 0.3 is 0 Å². The molecule has 0 amide bonds. The van der Waals surface area contributed by atoms with Gasteiger partial charge in [0.25, 0.3) is 0 Å². The Morgan fingerprint density at radius 3 is 2.93 bits per heavy atom. The van der Waals surface area contributed by atoms with Gasteiger partial charge in [0.2, 0.25) is 0 Å². The van der Waals surface area contributed by atoms with Gasteiger partial charge < -0.3 is 4.98 Å². The lowest BCUT2D eigenvalue weighted by Crippen LogP contribution is -1.89. The molecule has 0 fully saturated rings. The number of H-pyrrole nitrogens is 1. The van der Waals surface area contributed by atoms with Crippen LogP contribution in [-0.2, 0) is 6.42 Å². The molecule has 2 nitrogen and oxygen atoms in total. The van der Waals surface area contributed by atoms with Crippen molar-refractivity contribution < 1.29 is 0 Å². The number of rotatable bonds is 3. The van der Waals surface area contributed by atoms with Crippen LogP contribution in [0.15, 0.2) is 49.4 Å². The minimum absolute atomic E-state index is 0.846. The quantitative estimate of drug-likeness (QED) is 0.780. The van der Waals surface area contributed by atoms with Gasteiger partial charge in [0.15, 0.2) is 0 Å². The van der Waals surface area contributed by atoms with E-state index in [1.807, 2.05) is 30.6 Å². The molecule has 2 heteroatoms. The van der Waals surface area contributed by atoms with Gasteiger partial charge in [-0.1, -0.05) is 12.6 Å². The van der Waals surface area contributed by atoms with Crippen molar-refractivity contribution in [1.82, 2.24) is 9.97 Å². The third-order valence-corrected chi connectivity index (χ3v) is 2.14. The van der Waals surface area contributed by atoms with Crippen molar-refractivity contribution in [2.24, 2.45) is 0 Å². The van der Waals surface area contributed by atoms with Crippen molar-refractivity contribution in [3.63, 3.8) is 0 Å². The van der Waals surface area contributed by atoms with Crippen LogP contribution in [0.4, 0.5) is 0 Å². The minimum Gasteiger partial charge on any atom is -0.365 e. The van der Waals surface area contributed by atoms with E-state index in [0.717, 1.165) is 17.6 Å². The average molecular weight is 184 g/mol. The van der Waals surface area contributed by atoms with Gasteiger partial charge in [-0.25, -0.2) is 0 Å². The molecule has 70 valence electrons. The molecule has 0 aliphatic carbocycles. The molecule has 0 bridgehead atoms. The van der Waals surface area contributed by atoms with Crippen LogP contribution in [0, 0.1) is 0 Å². The Bertz CT molecular complexity index is 401. The van der Waals surface area contributed by atoms with Crippen LogP contribution in [0.2, 0.25) is 0 Å². The summed E-state index contributed by atoms with van der Waals surface area (Å²) in [5.41, 5.74) is 3.36. The number of hydrogen-bond donors (Lipinski definition) is 1. The Hall–Kier alpha value is -1.83. The zero-order valence-corrected chi connectivity index (χ0v) is 7.90. The topological polar surface area (TPSA) is 28.7 Å². The number of nitrogens with one attached hydrogen (secondary N) is 1. The highest BCUT2D eigenvalue weighted by Gasteiger charge is 2.00. The zero-order valence-electron chi connectivity index (χ0n) is 7.90. The minimum atomic E-state index is 0.846. The summed E-state index contributed by atoms with van der Waals surface area (Å²) in [5, 5.41) is 0. The Labute approximate surface area is 83.3 Å². The fourth-order valence-electron chi connectivity index (χ4n) is 1.38. The molecule has 0 saturated heterocycles. The molecule has 0 aromatic carbocycles. The van der Waals surface area contributed by atoms with Crippen LogP contribution in [-0.4, -0.2) is 9.97 Å². The monoisotopic (exact) mass is 184 g/mol. The van der Waals surface area contributed by atoms with E-state index in [9.17, 15) is 0 Å². The second-order valence-corrected chi connectivity index (χ2v) is 3.22. The summed E-state index contributed by atoms with van der Waals surface area (Å²) in [6, 6.07) is 8.00. The summed E-state index contributed by atoms with van der Waals surface area (Å²) < 4.78 is 0. The lowest BCUT2D eigenvalue weighted by atomic mass is 10.1. The summed E-state index contributed by atoms with van der Waals surface area (Å²) in [4.78, 5) is 7.22. The van der Waals surface area contributed by atoms with Gasteiger partial charge in [0.05, 0.1) is 0 Å². The van der Waals surface area contributed by atoms with E-state index in [4.69, 9.17) is 0 Å². The predicted molar refractivity (Wildman–Crippen MR) is 57.8 cm³/mol. The molecular formula is C12H12N2. The van der Waals surface area contributed by atoms with Crippen molar-refractivity contribution in [2.45, 2.75) is 6.42 Å². The van der Waals surface area contributed by atoms with Gasteiger partial charge in [0.1, 0.15) is 0 Å². The molecule has 0 aliphatic rings. The lowest BCUT2D eigenvalue weighted by Gasteiger charge is -2.03. The van der Waals surface area contributed by atoms with E-state index in [1.54, 1.807) is 6.20 Å². The SMILES string of the molecule is C=C(Cc1ccc[nH]1)c1cccnc1. The van der Waals surface area contributed by atoms with Crippen LogP contribution < -0.4 is 0 Å². The highest BCUT2D eigenvalue weighted by Crippen LogP contribution is 2.15. The molecule has 2 heterocycles. The van der Waals surface area contributed by atoms with E-state index in [-0.39, 0.29) is 0 Å². The largest absolute Gasteiger partial charge is 0.365 e. The van der Waals surface area contributed by atoms with E-state index in [1.165, 1.54) is 5.69 Å². The number of nitrogens with zero attached hydrogens (tertiary/aromatic N) is 1. The Morgan fingerprint density at radius 2 is 2.29 bits per heavy atom. The van der Waals surface area contributed by atoms with Gasteiger partial charge in [-0.15, -0.1) is 0 Å². The standard InChI is InChI=1S/C12H12N2/c1-10(8-12-5-3-7-14-12)11-4-2-6-13-9-11/h2-7,9,14H,1,8H2. The van der Waals surface area contributed by atoms with Crippen molar-refractivity contribution in [3.8, 4) is 0 Å². The van der Waals surface area contributed by atoms with Crippen molar-refractivity contribution in [3.05, 3.63) is 60.7 Å². The average Bonchev–Trinajstić information content (AvgIpc) is 2.72. The molecule has 1 N–H and O–H groups in total. The number of hydrogen-bond acceptors (Lipinski definition) is 1. The molecule has 0 spiro atoms. The second kappa shape index (κ2) is 3.92. The number of aromatic nitrogens is 2. The Balaban J connectivity index is 2.11. The summed E-state index contributed by atoms with van der Waals surface area (Å²) in [5.74, 6) is 0. The Kier molecular flexibility index (Phi) is 2.45. The van der Waals surface area contributed by atoms with Crippen LogP contribution in [0.5, 0.6) is 0 Å². The molecule has 0 radical (unpaired) electrons. The van der Waals surface area contributed by atoms with Gasteiger partial charge in [0, 0.05) is 30.7 Å². The first kappa shape index (κ1) is 8.75. The summed E-state index contributed by atoms with van der Waals surface area (Å²) >= 11 is 0. The molecule has 2 aromatic rings. The number of pyridine rings is 1. The highest BCUT2D eigenvalue weighted by atomic mass is 14.7. The molecule has 2 aromatic heterocycles. The maximum Gasteiger partial charge on any atom is 0.0342 e.